The molecule has 0 aliphatic carbocycles. The van der Waals surface area contributed by atoms with Crippen LogP contribution < -0.4 is 15.2 Å². The van der Waals surface area contributed by atoms with E-state index in [9.17, 15) is 28.8 Å². The molecule has 0 fully saturated rings. The highest BCUT2D eigenvalue weighted by molar-refractivity contribution is 6.34. The zero-order chi connectivity index (χ0) is 31.8. The van der Waals surface area contributed by atoms with Crippen molar-refractivity contribution < 1.29 is 37.9 Å². The molecule has 0 N–H and O–H groups in total. The fourth-order valence-electron chi connectivity index (χ4n) is 4.94. The number of furan rings is 1. The lowest BCUT2D eigenvalue weighted by atomic mass is 10.1. The van der Waals surface area contributed by atoms with Crippen molar-refractivity contribution in [3.63, 3.8) is 0 Å². The average molecular weight is 606 g/mol. The molecule has 0 radical (unpaired) electrons. The van der Waals surface area contributed by atoms with Gasteiger partial charge in [0.2, 0.25) is 5.76 Å². The molecule has 0 saturated heterocycles. The van der Waals surface area contributed by atoms with Crippen LogP contribution in [-0.2, 0) is 11.8 Å². The number of nitrogens with zero attached hydrogens (tertiary/aromatic N) is 3. The summed E-state index contributed by atoms with van der Waals surface area (Å²) >= 11 is 0. The maximum atomic E-state index is 13.5. The molecule has 45 heavy (non-hydrogen) atoms. The van der Waals surface area contributed by atoms with Gasteiger partial charge in [-0.2, -0.15) is 0 Å². The van der Waals surface area contributed by atoms with E-state index in [2.05, 4.69) is 0 Å². The van der Waals surface area contributed by atoms with Crippen molar-refractivity contribution in [1.82, 2.24) is 9.36 Å². The normalized spacial score (nSPS) is 12.3. The molecule has 1 aliphatic rings. The predicted octanol–water partition coefficient (Wildman–Crippen LogP) is 4.14. The number of carbonyl (C=O) groups excluding carboxylic acids is 5. The van der Waals surface area contributed by atoms with E-state index in [0.717, 1.165) is 4.90 Å². The number of aromatic nitrogens is 2. The van der Waals surface area contributed by atoms with E-state index in [1.165, 1.54) is 59.5 Å². The van der Waals surface area contributed by atoms with Gasteiger partial charge in [0.25, 0.3) is 17.4 Å². The fraction of sp³-hybridized carbons (Fsp3) is 0.0909. The van der Waals surface area contributed by atoms with Gasteiger partial charge in [0.15, 0.2) is 12.4 Å². The Labute approximate surface area is 254 Å². The molecule has 224 valence electrons. The molecular weight excluding hydrogens is 582 g/mol. The first kappa shape index (κ1) is 28.8. The van der Waals surface area contributed by atoms with Gasteiger partial charge in [-0.05, 0) is 73.7 Å². The van der Waals surface area contributed by atoms with Crippen molar-refractivity contribution in [1.29, 1.82) is 0 Å². The third-order valence-corrected chi connectivity index (χ3v) is 7.31. The zero-order valence-electron chi connectivity index (χ0n) is 23.9. The van der Waals surface area contributed by atoms with Crippen molar-refractivity contribution in [3.8, 4) is 11.4 Å². The number of Topliss-reactive ketones (excluding diaryl/α,β-unsaturated/α-hetero) is 1. The topological polar surface area (TPSA) is 147 Å². The Balaban J connectivity index is 1.15. The van der Waals surface area contributed by atoms with Crippen molar-refractivity contribution >= 4 is 35.2 Å². The summed E-state index contributed by atoms with van der Waals surface area (Å²) in [5.74, 6) is -3.38. The number of ether oxygens (including phenoxy) is 2. The summed E-state index contributed by atoms with van der Waals surface area (Å²) in [6.07, 6.45) is 1.34. The largest absolute Gasteiger partial charge is 0.457 e. The van der Waals surface area contributed by atoms with Crippen LogP contribution in [0.4, 0.5) is 5.69 Å². The van der Waals surface area contributed by atoms with Crippen LogP contribution in [0.2, 0.25) is 0 Å². The second kappa shape index (κ2) is 11.4. The Hall–Kier alpha value is -6.30. The number of benzene rings is 3. The van der Waals surface area contributed by atoms with Crippen LogP contribution in [0, 0.1) is 6.92 Å². The summed E-state index contributed by atoms with van der Waals surface area (Å²) in [4.78, 5) is 78.5. The first-order valence-corrected chi connectivity index (χ1v) is 13.6. The van der Waals surface area contributed by atoms with Crippen LogP contribution >= 0.6 is 0 Å². The summed E-state index contributed by atoms with van der Waals surface area (Å²) in [6, 6.07) is 21.2. The lowest BCUT2D eigenvalue weighted by Gasteiger charge is -2.11. The van der Waals surface area contributed by atoms with Gasteiger partial charge >= 0.3 is 11.9 Å². The second-order valence-corrected chi connectivity index (χ2v) is 10.0. The molecule has 12 heteroatoms. The second-order valence-electron chi connectivity index (χ2n) is 10.0. The molecule has 0 saturated carbocycles. The molecule has 2 aromatic heterocycles. The molecule has 0 spiro atoms. The van der Waals surface area contributed by atoms with E-state index in [1.54, 1.807) is 55.1 Å². The standard InChI is InChI=1S/C33H23N3O9/c1-19-28(31(40)36(34(19)2)22-7-4-3-5-8-22)35-29(38)24-15-12-21(17-25(24)30(35)39)32(41)44-18-26(37)20-10-13-23(14-11-20)45-33(42)27-9-6-16-43-27/h3-17H,18H2,1-2H3. The molecule has 6 rings (SSSR count). The van der Waals surface area contributed by atoms with Crippen LogP contribution in [0.5, 0.6) is 5.75 Å². The number of fused-ring (bicyclic) bond motifs is 1. The number of esters is 2. The van der Waals surface area contributed by atoms with E-state index in [-0.39, 0.29) is 39.5 Å². The lowest BCUT2D eigenvalue weighted by molar-refractivity contribution is 0.0474. The number of carbonyl (C=O) groups is 5. The van der Waals surface area contributed by atoms with Crippen LogP contribution in [0.3, 0.4) is 0 Å². The number of hydrogen-bond donors (Lipinski definition) is 0. The summed E-state index contributed by atoms with van der Waals surface area (Å²) in [5.41, 5.74) is 0.382. The molecular formula is C33H23N3O9. The van der Waals surface area contributed by atoms with Gasteiger partial charge in [0.1, 0.15) is 11.4 Å². The Morgan fingerprint density at radius 2 is 1.47 bits per heavy atom. The van der Waals surface area contributed by atoms with Gasteiger partial charge in [0, 0.05) is 12.6 Å². The number of anilines is 1. The summed E-state index contributed by atoms with van der Waals surface area (Å²) in [7, 11) is 1.65. The molecule has 0 atom stereocenters. The third-order valence-electron chi connectivity index (χ3n) is 7.31. The van der Waals surface area contributed by atoms with Gasteiger partial charge in [-0.25, -0.2) is 19.2 Å². The zero-order valence-corrected chi connectivity index (χ0v) is 23.9. The summed E-state index contributed by atoms with van der Waals surface area (Å²) in [6.45, 7) is 1.02. The highest BCUT2D eigenvalue weighted by atomic mass is 16.5. The van der Waals surface area contributed by atoms with Gasteiger partial charge in [-0.1, -0.05) is 18.2 Å². The van der Waals surface area contributed by atoms with Crippen molar-refractivity contribution in [2.24, 2.45) is 7.05 Å². The molecule has 12 nitrogen and oxygen atoms in total. The maximum absolute atomic E-state index is 13.5. The molecule has 5 aromatic rings. The lowest BCUT2D eigenvalue weighted by Crippen LogP contribution is -2.34. The van der Waals surface area contributed by atoms with E-state index in [1.807, 2.05) is 0 Å². The minimum Gasteiger partial charge on any atom is -0.457 e. The Morgan fingerprint density at radius 3 is 2.16 bits per heavy atom. The number of rotatable bonds is 8. The van der Waals surface area contributed by atoms with Crippen molar-refractivity contribution in [2.75, 3.05) is 11.5 Å². The van der Waals surface area contributed by atoms with Crippen LogP contribution in [0.1, 0.15) is 57.7 Å². The maximum Gasteiger partial charge on any atom is 0.379 e. The quantitative estimate of drug-likeness (QED) is 0.110. The fourth-order valence-corrected chi connectivity index (χ4v) is 4.94. The molecule has 3 aromatic carbocycles. The monoisotopic (exact) mass is 605 g/mol. The SMILES string of the molecule is Cc1c(N2C(=O)c3ccc(C(=O)OCC(=O)c4ccc(OC(=O)c5ccco5)cc4)cc3C2=O)c(=O)n(-c2ccccc2)n1C. The first-order chi connectivity index (χ1) is 21.7. The molecule has 3 heterocycles. The Morgan fingerprint density at radius 1 is 0.778 bits per heavy atom. The van der Waals surface area contributed by atoms with Crippen molar-refractivity contribution in [3.05, 3.63) is 135 Å². The minimum atomic E-state index is -0.892. The third kappa shape index (κ3) is 5.14. The molecule has 2 amide bonds. The summed E-state index contributed by atoms with van der Waals surface area (Å²) < 4.78 is 18.2. The van der Waals surface area contributed by atoms with Crippen LogP contribution in [0.15, 0.2) is 100 Å². The first-order valence-electron chi connectivity index (χ1n) is 13.6. The van der Waals surface area contributed by atoms with Gasteiger partial charge < -0.3 is 13.9 Å². The summed E-state index contributed by atoms with van der Waals surface area (Å²) in [5, 5.41) is 0. The number of hydrogen-bond acceptors (Lipinski definition) is 9. The molecule has 1 aliphatic heterocycles. The number of amides is 2. The van der Waals surface area contributed by atoms with Gasteiger partial charge in [-0.3, -0.25) is 23.9 Å². The number of imide groups is 1. The van der Waals surface area contributed by atoms with Crippen LogP contribution in [0.25, 0.3) is 5.69 Å². The number of ketones is 1. The van der Waals surface area contributed by atoms with Gasteiger partial charge in [0.05, 0.1) is 34.3 Å². The molecule has 0 bridgehead atoms. The van der Waals surface area contributed by atoms with E-state index in [0.29, 0.717) is 11.4 Å². The highest BCUT2D eigenvalue weighted by Crippen LogP contribution is 2.30. The smallest absolute Gasteiger partial charge is 0.379 e. The van der Waals surface area contributed by atoms with E-state index in [4.69, 9.17) is 13.9 Å². The average Bonchev–Trinajstić information content (AvgIpc) is 3.73. The van der Waals surface area contributed by atoms with E-state index < -0.39 is 41.7 Å². The predicted molar refractivity (Wildman–Crippen MR) is 158 cm³/mol. The van der Waals surface area contributed by atoms with E-state index >= 15 is 0 Å². The minimum absolute atomic E-state index is 0.0222. The highest BCUT2D eigenvalue weighted by Gasteiger charge is 2.41. The Kier molecular flexibility index (Phi) is 7.31. The number of para-hydroxylation sites is 1. The molecule has 0 unspecified atom stereocenters. The van der Waals surface area contributed by atoms with Crippen LogP contribution in [-0.4, -0.2) is 45.5 Å². The Bertz CT molecular complexity index is 2050. The van der Waals surface area contributed by atoms with Gasteiger partial charge in [-0.15, -0.1) is 0 Å². The van der Waals surface area contributed by atoms with Crippen molar-refractivity contribution in [2.45, 2.75) is 6.92 Å².